The zero-order valence-corrected chi connectivity index (χ0v) is 13.4. The molecule has 20 heavy (non-hydrogen) atoms. The molecule has 0 bridgehead atoms. The number of nitrogens with zero attached hydrogens (tertiary/aromatic N) is 1. The van der Waals surface area contributed by atoms with Crippen molar-refractivity contribution in [3.8, 4) is 0 Å². The highest BCUT2D eigenvalue weighted by Gasteiger charge is 2.29. The fourth-order valence-electron chi connectivity index (χ4n) is 2.43. The van der Waals surface area contributed by atoms with E-state index in [4.69, 9.17) is 0 Å². The molecule has 1 saturated heterocycles. The van der Waals surface area contributed by atoms with Gasteiger partial charge in [-0.15, -0.1) is 0 Å². The van der Waals surface area contributed by atoms with E-state index in [1.54, 1.807) is 0 Å². The van der Waals surface area contributed by atoms with Crippen molar-refractivity contribution in [1.82, 2.24) is 10.2 Å². The van der Waals surface area contributed by atoms with Crippen LogP contribution in [0.4, 0.5) is 4.79 Å². The van der Waals surface area contributed by atoms with Crippen molar-refractivity contribution in [3.63, 3.8) is 0 Å². The number of thioether (sulfide) groups is 1. The van der Waals surface area contributed by atoms with Crippen LogP contribution in [0.2, 0.25) is 0 Å². The van der Waals surface area contributed by atoms with Crippen LogP contribution in [0.1, 0.15) is 32.4 Å². The molecule has 0 saturated carbocycles. The number of hydrogen-bond acceptors (Lipinski definition) is 2. The van der Waals surface area contributed by atoms with Gasteiger partial charge in [-0.1, -0.05) is 51.1 Å². The summed E-state index contributed by atoms with van der Waals surface area (Å²) in [7, 11) is 0. The molecule has 0 aliphatic carbocycles. The molecule has 1 aliphatic heterocycles. The number of nitrogens with one attached hydrogen (secondary N) is 1. The minimum absolute atomic E-state index is 0.0124. The van der Waals surface area contributed by atoms with E-state index in [0.29, 0.717) is 0 Å². The standard InChI is InChI=1S/C16H24N2OS/c1-16(2,3)14(13-7-5-4-6-8-13)17-15(19)18-9-11-20-12-10-18/h4-8,14H,9-12H2,1-3H3,(H,17,19). The van der Waals surface area contributed by atoms with Gasteiger partial charge in [-0.25, -0.2) is 4.79 Å². The van der Waals surface area contributed by atoms with Gasteiger partial charge < -0.3 is 10.2 Å². The molecule has 1 aromatic carbocycles. The van der Waals surface area contributed by atoms with E-state index < -0.39 is 0 Å². The van der Waals surface area contributed by atoms with Crippen molar-refractivity contribution in [2.24, 2.45) is 5.41 Å². The molecular formula is C16H24N2OS. The van der Waals surface area contributed by atoms with Gasteiger partial charge >= 0.3 is 6.03 Å². The van der Waals surface area contributed by atoms with Crippen LogP contribution in [0.25, 0.3) is 0 Å². The van der Waals surface area contributed by atoms with E-state index in [1.165, 1.54) is 5.56 Å². The van der Waals surface area contributed by atoms with Crippen LogP contribution in [-0.2, 0) is 0 Å². The van der Waals surface area contributed by atoms with E-state index in [2.05, 4.69) is 38.2 Å². The third-order valence-corrected chi connectivity index (χ3v) is 4.51. The minimum Gasteiger partial charge on any atom is -0.331 e. The van der Waals surface area contributed by atoms with Crippen LogP contribution in [0.5, 0.6) is 0 Å². The Hall–Kier alpha value is -1.16. The maximum atomic E-state index is 12.4. The summed E-state index contributed by atoms with van der Waals surface area (Å²) in [6.45, 7) is 8.19. The zero-order valence-electron chi connectivity index (χ0n) is 12.6. The first kappa shape index (κ1) is 15.2. The summed E-state index contributed by atoms with van der Waals surface area (Å²) < 4.78 is 0. The quantitative estimate of drug-likeness (QED) is 0.904. The Balaban J connectivity index is 2.10. The van der Waals surface area contributed by atoms with Gasteiger partial charge in [0.1, 0.15) is 0 Å². The molecule has 0 aromatic heterocycles. The lowest BCUT2D eigenvalue weighted by Crippen LogP contribution is -2.47. The van der Waals surface area contributed by atoms with E-state index in [0.717, 1.165) is 24.6 Å². The van der Waals surface area contributed by atoms with Crippen LogP contribution in [0.15, 0.2) is 30.3 Å². The van der Waals surface area contributed by atoms with Gasteiger partial charge in [-0.2, -0.15) is 11.8 Å². The summed E-state index contributed by atoms with van der Waals surface area (Å²) in [6, 6.07) is 10.3. The van der Waals surface area contributed by atoms with Crippen molar-refractivity contribution in [2.75, 3.05) is 24.6 Å². The lowest BCUT2D eigenvalue weighted by Gasteiger charge is -2.35. The fraction of sp³-hybridized carbons (Fsp3) is 0.562. The number of carbonyl (C=O) groups excluding carboxylic acids is 1. The van der Waals surface area contributed by atoms with Crippen molar-refractivity contribution < 1.29 is 4.79 Å². The molecule has 1 N–H and O–H groups in total. The molecule has 0 radical (unpaired) electrons. The predicted molar refractivity (Wildman–Crippen MR) is 86.1 cm³/mol. The summed E-state index contributed by atoms with van der Waals surface area (Å²) in [4.78, 5) is 14.4. The number of hydrogen-bond donors (Lipinski definition) is 1. The number of benzene rings is 1. The molecule has 1 fully saturated rings. The number of rotatable bonds is 2. The van der Waals surface area contributed by atoms with Crippen molar-refractivity contribution in [1.29, 1.82) is 0 Å². The maximum absolute atomic E-state index is 12.4. The second kappa shape index (κ2) is 6.53. The predicted octanol–water partition coefficient (Wildman–Crippen LogP) is 3.53. The van der Waals surface area contributed by atoms with Gasteiger partial charge in [-0.05, 0) is 11.0 Å². The SMILES string of the molecule is CC(C)(C)C(NC(=O)N1CCSCC1)c1ccccc1. The van der Waals surface area contributed by atoms with Gasteiger partial charge in [0.25, 0.3) is 0 Å². The van der Waals surface area contributed by atoms with E-state index in [1.807, 2.05) is 34.9 Å². The monoisotopic (exact) mass is 292 g/mol. The summed E-state index contributed by atoms with van der Waals surface area (Å²) in [5.41, 5.74) is 1.15. The van der Waals surface area contributed by atoms with Crippen LogP contribution in [-0.4, -0.2) is 35.5 Å². The summed E-state index contributed by atoms with van der Waals surface area (Å²) in [5, 5.41) is 3.22. The van der Waals surface area contributed by atoms with Crippen LogP contribution in [0, 0.1) is 5.41 Å². The summed E-state index contributed by atoms with van der Waals surface area (Å²) in [6.07, 6.45) is 0. The molecule has 1 atom stereocenters. The lowest BCUT2D eigenvalue weighted by atomic mass is 9.82. The molecule has 1 aliphatic rings. The normalized spacial score (nSPS) is 17.6. The molecule has 1 aromatic rings. The van der Waals surface area contributed by atoms with Crippen molar-refractivity contribution in [2.45, 2.75) is 26.8 Å². The van der Waals surface area contributed by atoms with Gasteiger partial charge in [0.2, 0.25) is 0 Å². The Morgan fingerprint density at radius 1 is 1.20 bits per heavy atom. The van der Waals surface area contributed by atoms with Crippen molar-refractivity contribution >= 4 is 17.8 Å². The number of amides is 2. The fourth-order valence-corrected chi connectivity index (χ4v) is 3.33. The highest BCUT2D eigenvalue weighted by Crippen LogP contribution is 2.32. The van der Waals surface area contributed by atoms with Gasteiger partial charge in [0.05, 0.1) is 6.04 Å². The Bertz CT molecular complexity index is 436. The van der Waals surface area contributed by atoms with Crippen LogP contribution < -0.4 is 5.32 Å². The Morgan fingerprint density at radius 2 is 1.80 bits per heavy atom. The largest absolute Gasteiger partial charge is 0.331 e. The molecule has 1 unspecified atom stereocenters. The highest BCUT2D eigenvalue weighted by atomic mass is 32.2. The lowest BCUT2D eigenvalue weighted by molar-refractivity contribution is 0.184. The Kier molecular flexibility index (Phi) is 4.97. The molecule has 0 spiro atoms. The topological polar surface area (TPSA) is 32.3 Å². The average molecular weight is 292 g/mol. The Labute approximate surface area is 126 Å². The van der Waals surface area contributed by atoms with Crippen LogP contribution >= 0.6 is 11.8 Å². The second-order valence-corrected chi connectivity index (χ2v) is 7.48. The summed E-state index contributed by atoms with van der Waals surface area (Å²) >= 11 is 1.92. The minimum atomic E-state index is -0.0124. The molecule has 3 nitrogen and oxygen atoms in total. The van der Waals surface area contributed by atoms with Gasteiger partial charge in [-0.3, -0.25) is 0 Å². The second-order valence-electron chi connectivity index (χ2n) is 6.26. The first-order valence-corrected chi connectivity index (χ1v) is 8.32. The molecule has 2 rings (SSSR count). The molecule has 1 heterocycles. The van der Waals surface area contributed by atoms with E-state index >= 15 is 0 Å². The maximum Gasteiger partial charge on any atom is 0.317 e. The first-order chi connectivity index (χ1) is 9.48. The smallest absolute Gasteiger partial charge is 0.317 e. The molecule has 4 heteroatoms. The Morgan fingerprint density at radius 3 is 2.35 bits per heavy atom. The molecule has 2 amide bonds. The summed E-state index contributed by atoms with van der Waals surface area (Å²) in [5.74, 6) is 2.08. The number of urea groups is 1. The van der Waals surface area contributed by atoms with E-state index in [9.17, 15) is 4.79 Å². The number of carbonyl (C=O) groups is 1. The van der Waals surface area contributed by atoms with Crippen LogP contribution in [0.3, 0.4) is 0 Å². The third-order valence-electron chi connectivity index (χ3n) is 3.57. The van der Waals surface area contributed by atoms with Gasteiger partial charge in [0.15, 0.2) is 0 Å². The highest BCUT2D eigenvalue weighted by molar-refractivity contribution is 7.99. The molecular weight excluding hydrogens is 268 g/mol. The van der Waals surface area contributed by atoms with E-state index in [-0.39, 0.29) is 17.5 Å². The van der Waals surface area contributed by atoms with Crippen molar-refractivity contribution in [3.05, 3.63) is 35.9 Å². The zero-order chi connectivity index (χ0) is 14.6. The molecule has 110 valence electrons. The average Bonchev–Trinajstić information content (AvgIpc) is 2.45. The first-order valence-electron chi connectivity index (χ1n) is 7.16. The van der Waals surface area contributed by atoms with Gasteiger partial charge in [0, 0.05) is 24.6 Å². The third kappa shape index (κ3) is 3.92.